The molecular formula is C45H42IrN8-6. The molecule has 9 heteroatoms. The summed E-state index contributed by atoms with van der Waals surface area (Å²) in [4.78, 5) is 21.9. The van der Waals surface area contributed by atoms with E-state index in [1.54, 1.807) is 12.4 Å². The Hall–Kier alpha value is -5.37. The zero-order valence-electron chi connectivity index (χ0n) is 30.7. The maximum atomic E-state index is 4.40. The maximum absolute atomic E-state index is 4.40. The predicted molar refractivity (Wildman–Crippen MR) is 216 cm³/mol. The van der Waals surface area contributed by atoms with Crippen LogP contribution in [0.2, 0.25) is 0 Å². The number of fused-ring (bicyclic) bond motifs is 3. The van der Waals surface area contributed by atoms with Crippen molar-refractivity contribution in [2.24, 2.45) is 0 Å². The first-order chi connectivity index (χ1) is 26.0. The number of benzene rings is 5. The number of aromatic nitrogens is 2. The second kappa shape index (κ2) is 16.8. The molecule has 4 heterocycles. The first-order valence-corrected chi connectivity index (χ1v) is 18.2. The topological polar surface area (TPSA) is 45.2 Å². The number of nitrogens with zero attached hydrogens (tertiary/aromatic N) is 8. The minimum atomic E-state index is 0. The van der Waals surface area contributed by atoms with Crippen LogP contribution in [0.15, 0.2) is 128 Å². The molecule has 0 fully saturated rings. The molecule has 8 nitrogen and oxygen atoms in total. The van der Waals surface area contributed by atoms with E-state index in [2.05, 4.69) is 160 Å². The molecule has 0 N–H and O–H groups in total. The largest absolute Gasteiger partial charge is 0.501 e. The summed E-state index contributed by atoms with van der Waals surface area (Å²) < 4.78 is 0. The van der Waals surface area contributed by atoms with Gasteiger partial charge in [0.05, 0.1) is 0 Å². The van der Waals surface area contributed by atoms with E-state index in [9.17, 15) is 0 Å². The summed E-state index contributed by atoms with van der Waals surface area (Å²) in [6.45, 7) is 12.7. The third-order valence-electron chi connectivity index (χ3n) is 9.62. The van der Waals surface area contributed by atoms with Gasteiger partial charge >= 0.3 is 0 Å². The fourth-order valence-corrected chi connectivity index (χ4v) is 6.86. The quantitative estimate of drug-likeness (QED) is 0.105. The fraction of sp³-hybridized carbons (Fsp3) is 0.178. The number of unbranched alkanes of at least 4 members (excludes halogenated alkanes) is 1. The van der Waals surface area contributed by atoms with Crippen LogP contribution in [0.5, 0.6) is 0 Å². The van der Waals surface area contributed by atoms with E-state index in [0.717, 1.165) is 54.6 Å². The van der Waals surface area contributed by atoms with E-state index in [1.807, 2.05) is 53.8 Å². The minimum absolute atomic E-state index is 0. The number of hydrogen-bond acceptors (Lipinski definition) is 8. The summed E-state index contributed by atoms with van der Waals surface area (Å²) in [5.41, 5.74) is 9.33. The van der Waals surface area contributed by atoms with Gasteiger partial charge in [-0.05, 0) is 57.2 Å². The van der Waals surface area contributed by atoms with Gasteiger partial charge in [0.1, 0.15) is 11.6 Å². The predicted octanol–water partition coefficient (Wildman–Crippen LogP) is 10.0. The Morgan fingerprint density at radius 3 is 1.54 bits per heavy atom. The number of para-hydroxylation sites is 6. The Morgan fingerprint density at radius 1 is 0.556 bits per heavy atom. The van der Waals surface area contributed by atoms with E-state index in [-0.39, 0.29) is 20.1 Å². The summed E-state index contributed by atoms with van der Waals surface area (Å²) in [5, 5.41) is 0. The summed E-state index contributed by atoms with van der Waals surface area (Å²) in [7, 11) is 1.97. The molecule has 54 heavy (non-hydrogen) atoms. The van der Waals surface area contributed by atoms with Crippen molar-refractivity contribution in [2.75, 3.05) is 49.5 Å². The van der Waals surface area contributed by atoms with Gasteiger partial charge in [-0.1, -0.05) is 44.0 Å². The molecule has 3 aliphatic heterocycles. The van der Waals surface area contributed by atoms with Crippen molar-refractivity contribution < 1.29 is 20.1 Å². The van der Waals surface area contributed by atoms with Crippen LogP contribution in [0.3, 0.4) is 0 Å². The molecule has 1 radical (unpaired) electrons. The van der Waals surface area contributed by atoms with Gasteiger partial charge in [-0.2, -0.15) is 97.8 Å². The Bertz CT molecular complexity index is 2010. The molecule has 0 saturated carbocycles. The van der Waals surface area contributed by atoms with Crippen LogP contribution >= 0.6 is 0 Å². The van der Waals surface area contributed by atoms with Crippen molar-refractivity contribution in [3.8, 4) is 0 Å². The monoisotopic (exact) mass is 887 g/mol. The molecule has 3 aliphatic rings. The van der Waals surface area contributed by atoms with Crippen LogP contribution in [-0.2, 0) is 20.1 Å². The van der Waals surface area contributed by atoms with Crippen LogP contribution in [0, 0.1) is 38.2 Å². The summed E-state index contributed by atoms with van der Waals surface area (Å²) in [6.07, 6.45) is 5.61. The van der Waals surface area contributed by atoms with Crippen molar-refractivity contribution in [3.05, 3.63) is 171 Å². The fourth-order valence-electron chi connectivity index (χ4n) is 6.86. The Kier molecular flexibility index (Phi) is 11.5. The van der Waals surface area contributed by atoms with Gasteiger partial charge in [0.25, 0.3) is 0 Å². The molecule has 6 aromatic rings. The van der Waals surface area contributed by atoms with Crippen LogP contribution < -0.4 is 29.4 Å². The van der Waals surface area contributed by atoms with E-state index >= 15 is 0 Å². The summed E-state index contributed by atoms with van der Waals surface area (Å²) in [6, 6.07) is 49.8. The molecule has 0 saturated heterocycles. The molecule has 0 spiro atoms. The second-order valence-corrected chi connectivity index (χ2v) is 13.5. The van der Waals surface area contributed by atoms with E-state index in [0.29, 0.717) is 5.92 Å². The molecular weight excluding hydrogens is 845 g/mol. The van der Waals surface area contributed by atoms with E-state index in [4.69, 9.17) is 0 Å². The molecule has 277 valence electrons. The zero-order chi connectivity index (χ0) is 36.1. The van der Waals surface area contributed by atoms with Crippen LogP contribution in [-0.4, -0.2) is 30.1 Å². The van der Waals surface area contributed by atoms with Crippen molar-refractivity contribution in [2.45, 2.75) is 32.6 Å². The van der Waals surface area contributed by atoms with E-state index < -0.39 is 0 Å². The van der Waals surface area contributed by atoms with Gasteiger partial charge in [0.2, 0.25) is 0 Å². The summed E-state index contributed by atoms with van der Waals surface area (Å²) in [5.74, 6) is 2.23. The van der Waals surface area contributed by atoms with Gasteiger partial charge < -0.3 is 29.4 Å². The van der Waals surface area contributed by atoms with Crippen molar-refractivity contribution in [3.63, 3.8) is 0 Å². The van der Waals surface area contributed by atoms with Crippen molar-refractivity contribution >= 4 is 51.4 Å². The molecule has 0 atom stereocenters. The molecule has 0 bridgehead atoms. The summed E-state index contributed by atoms with van der Waals surface area (Å²) >= 11 is 0. The van der Waals surface area contributed by atoms with Crippen molar-refractivity contribution in [1.82, 2.24) is 9.97 Å². The van der Waals surface area contributed by atoms with Crippen LogP contribution in [0.25, 0.3) is 0 Å². The number of rotatable bonds is 9. The van der Waals surface area contributed by atoms with Crippen LogP contribution in [0.1, 0.15) is 38.2 Å². The molecule has 9 rings (SSSR count). The van der Waals surface area contributed by atoms with E-state index in [1.165, 1.54) is 28.3 Å². The molecule has 0 aliphatic carbocycles. The number of anilines is 9. The van der Waals surface area contributed by atoms with Gasteiger partial charge in [-0.25, -0.2) is 9.97 Å². The Morgan fingerprint density at radius 2 is 1.06 bits per heavy atom. The third-order valence-corrected chi connectivity index (χ3v) is 9.62. The zero-order valence-corrected chi connectivity index (χ0v) is 33.1. The first-order valence-electron chi connectivity index (χ1n) is 18.2. The molecule has 0 amide bonds. The number of hydrogen-bond donors (Lipinski definition) is 0. The first kappa shape index (κ1) is 37.0. The normalized spacial score (nSPS) is 14.1. The standard InChI is InChI=1S/C30H26N4.C15H16N4.Ir/c1-3-13-25(14-4-1)33-23-31(27-17-7-9-19-29(27)33)21-11-12-22-32-24-34(26-15-5-2-6-16-26)30-20-10-8-18-28(30)32;1-11(2)12-4-6-13(7-5-12)19-10-18(3)14-15(19)17-9-8-16-14;/h1-10,13,15,17-20,23-24H,11-12,21-22H2;4-6,8-11H,1-3H3;/q-4;-2;. The van der Waals surface area contributed by atoms with Gasteiger partial charge in [-0.3, -0.25) is 0 Å². The second-order valence-electron chi connectivity index (χ2n) is 13.5. The van der Waals surface area contributed by atoms with Gasteiger partial charge in [0.15, 0.2) is 0 Å². The van der Waals surface area contributed by atoms with Crippen LogP contribution in [0.4, 0.5) is 51.4 Å². The average molecular weight is 887 g/mol. The molecule has 5 aromatic carbocycles. The Balaban J connectivity index is 0.000000191. The van der Waals surface area contributed by atoms with Gasteiger partial charge in [-0.15, -0.1) is 29.8 Å². The molecule has 0 unspecified atom stereocenters. The third kappa shape index (κ3) is 7.65. The maximum Gasteiger partial charge on any atom is 0.143 e. The SMILES string of the molecule is CC(C)c1c[c-]c(N2[CH-]N(C)c3nccnc32)cc1.[Ir].[c-]1ccccc1N1[CH-]N(CCCCN2[CH-]N(c3[c-]cccc3)c3ccccc32)c2ccccc21. The Labute approximate surface area is 333 Å². The minimum Gasteiger partial charge on any atom is -0.501 e. The average Bonchev–Trinajstić information content (AvgIpc) is 3.89. The van der Waals surface area contributed by atoms with Crippen molar-refractivity contribution in [1.29, 1.82) is 0 Å². The molecule has 1 aromatic heterocycles. The smallest absolute Gasteiger partial charge is 0.143 e. The van der Waals surface area contributed by atoms with Gasteiger partial charge in [0, 0.05) is 55.2 Å².